The first-order chi connectivity index (χ1) is 20.7. The summed E-state index contributed by atoms with van der Waals surface area (Å²) in [6.45, 7) is 8.28. The molecule has 2 atom stereocenters. The van der Waals surface area contributed by atoms with E-state index in [9.17, 15) is 24.3 Å². The quantitative estimate of drug-likeness (QED) is 0.272. The topological polar surface area (TPSA) is 146 Å². The van der Waals surface area contributed by atoms with Gasteiger partial charge in [0.2, 0.25) is 11.8 Å². The van der Waals surface area contributed by atoms with E-state index < -0.39 is 47.1 Å². The SMILES string of the molecule is CC(C)(C)OC(=O)NC(C)(C)C(=O)N[C@H](COCC1=CCCC=C1)C(=O)NC1=CN(C(C(=O)O)c2ccccc2)C=CCC1. The monoisotopic (exact) mass is 608 g/mol. The van der Waals surface area contributed by atoms with Crippen molar-refractivity contribution in [1.82, 2.24) is 20.9 Å². The van der Waals surface area contributed by atoms with Crippen LogP contribution in [0.15, 0.2) is 78.3 Å². The highest BCUT2D eigenvalue weighted by atomic mass is 16.6. The van der Waals surface area contributed by atoms with E-state index >= 15 is 0 Å². The zero-order chi connectivity index (χ0) is 32.3. The summed E-state index contributed by atoms with van der Waals surface area (Å²) in [7, 11) is 0. The van der Waals surface area contributed by atoms with Gasteiger partial charge in [0.05, 0.1) is 13.2 Å². The molecule has 1 aromatic rings. The molecule has 0 radical (unpaired) electrons. The van der Waals surface area contributed by atoms with Gasteiger partial charge in [-0.3, -0.25) is 9.59 Å². The lowest BCUT2D eigenvalue weighted by atomic mass is 10.0. The van der Waals surface area contributed by atoms with Crippen molar-refractivity contribution < 1.29 is 33.8 Å². The molecule has 1 heterocycles. The van der Waals surface area contributed by atoms with E-state index in [1.54, 1.807) is 62.3 Å². The highest BCUT2D eigenvalue weighted by Crippen LogP contribution is 2.25. The maximum absolute atomic E-state index is 13.6. The maximum atomic E-state index is 13.6. The summed E-state index contributed by atoms with van der Waals surface area (Å²) < 4.78 is 11.1. The molecule has 11 heteroatoms. The Morgan fingerprint density at radius 2 is 1.73 bits per heavy atom. The van der Waals surface area contributed by atoms with Crippen LogP contribution in [0.5, 0.6) is 0 Å². The van der Waals surface area contributed by atoms with Gasteiger partial charge < -0.3 is 35.4 Å². The molecule has 0 bridgehead atoms. The number of allylic oxidation sites excluding steroid dienone is 4. The number of alkyl carbamates (subject to hydrolysis) is 1. The molecule has 0 spiro atoms. The van der Waals surface area contributed by atoms with E-state index in [-0.39, 0.29) is 13.2 Å². The highest BCUT2D eigenvalue weighted by molar-refractivity contribution is 5.94. The molecule has 0 saturated carbocycles. The lowest BCUT2D eigenvalue weighted by Gasteiger charge is -2.29. The summed E-state index contributed by atoms with van der Waals surface area (Å²) >= 11 is 0. The Hall–Kier alpha value is -4.38. The third-order valence-electron chi connectivity index (χ3n) is 6.72. The van der Waals surface area contributed by atoms with Gasteiger partial charge in [0.25, 0.3) is 0 Å². The molecule has 4 N–H and O–H groups in total. The summed E-state index contributed by atoms with van der Waals surface area (Å²) in [4.78, 5) is 53.1. The number of hydrogen-bond acceptors (Lipinski definition) is 7. The second kappa shape index (κ2) is 15.4. The summed E-state index contributed by atoms with van der Waals surface area (Å²) in [6.07, 6.45) is 13.3. The molecular formula is C33H44N4O7. The van der Waals surface area contributed by atoms with Gasteiger partial charge in [-0.15, -0.1) is 0 Å². The van der Waals surface area contributed by atoms with Crippen LogP contribution in [0.4, 0.5) is 4.79 Å². The number of carbonyl (C=O) groups is 4. The first-order valence-corrected chi connectivity index (χ1v) is 14.7. The van der Waals surface area contributed by atoms with Crippen LogP contribution in [0.25, 0.3) is 0 Å². The van der Waals surface area contributed by atoms with Gasteiger partial charge in [-0.1, -0.05) is 54.6 Å². The van der Waals surface area contributed by atoms with Crippen LogP contribution < -0.4 is 16.0 Å². The van der Waals surface area contributed by atoms with Gasteiger partial charge in [-0.25, -0.2) is 9.59 Å². The summed E-state index contributed by atoms with van der Waals surface area (Å²) in [5.74, 6) is -2.20. The van der Waals surface area contributed by atoms with Crippen LogP contribution in [0.1, 0.15) is 71.9 Å². The van der Waals surface area contributed by atoms with Crippen LogP contribution in [0.3, 0.4) is 0 Å². The first kappa shape index (κ1) is 34.1. The summed E-state index contributed by atoms with van der Waals surface area (Å²) in [5, 5.41) is 18.2. The third kappa shape index (κ3) is 10.7. The average molecular weight is 609 g/mol. The van der Waals surface area contributed by atoms with Crippen LogP contribution in [0.2, 0.25) is 0 Å². The molecule has 0 aromatic heterocycles. The second-order valence-electron chi connectivity index (χ2n) is 12.2. The van der Waals surface area contributed by atoms with Crippen molar-refractivity contribution >= 4 is 23.9 Å². The zero-order valence-electron chi connectivity index (χ0n) is 26.1. The molecule has 1 unspecified atom stereocenters. The van der Waals surface area contributed by atoms with Crippen molar-refractivity contribution in [3.63, 3.8) is 0 Å². The van der Waals surface area contributed by atoms with Gasteiger partial charge in [-0.05, 0) is 71.4 Å². The molecule has 1 aliphatic carbocycles. The summed E-state index contributed by atoms with van der Waals surface area (Å²) in [6, 6.07) is 6.69. The molecule has 1 aliphatic heterocycles. The van der Waals surface area contributed by atoms with Crippen LogP contribution in [0, 0.1) is 0 Å². The van der Waals surface area contributed by atoms with E-state index in [0.29, 0.717) is 24.1 Å². The van der Waals surface area contributed by atoms with Gasteiger partial charge >= 0.3 is 12.1 Å². The van der Waals surface area contributed by atoms with Gasteiger partial charge in [0.1, 0.15) is 17.2 Å². The van der Waals surface area contributed by atoms with Gasteiger partial charge in [0.15, 0.2) is 6.04 Å². The largest absolute Gasteiger partial charge is 0.479 e. The standard InChI is InChI=1S/C33H44N4O7/c1-32(2,3)44-31(42)36-33(4,5)30(41)35-26(22-43-21-23-14-8-6-9-15-23)28(38)34-25-18-12-13-19-37(20-25)27(29(39)40)24-16-10-7-11-17-24/h7-8,10-11,13-17,19-20,26-27H,6,9,12,18,21-22H2,1-5H3,(H,34,38)(H,35,41)(H,36,42)(H,39,40)/t26-,27?/m1/s1. The minimum absolute atomic E-state index is 0.137. The smallest absolute Gasteiger partial charge is 0.408 e. The Bertz CT molecular complexity index is 1310. The van der Waals surface area contributed by atoms with Crippen LogP contribution in [-0.2, 0) is 23.9 Å². The number of carboxylic acid groups (broad SMARTS) is 1. The van der Waals surface area contributed by atoms with E-state index in [4.69, 9.17) is 9.47 Å². The number of ether oxygens (including phenoxy) is 2. The Morgan fingerprint density at radius 3 is 2.36 bits per heavy atom. The second-order valence-corrected chi connectivity index (χ2v) is 12.2. The number of nitrogens with one attached hydrogen (secondary N) is 3. The number of amides is 3. The van der Waals surface area contributed by atoms with Crippen molar-refractivity contribution in [1.29, 1.82) is 0 Å². The fraction of sp³-hybridized carbons (Fsp3) is 0.455. The molecule has 1 aromatic carbocycles. The predicted molar refractivity (Wildman–Crippen MR) is 166 cm³/mol. The van der Waals surface area contributed by atoms with E-state index in [1.165, 1.54) is 13.8 Å². The fourth-order valence-corrected chi connectivity index (χ4v) is 4.51. The Balaban J connectivity index is 1.78. The van der Waals surface area contributed by atoms with Crippen LogP contribution >= 0.6 is 0 Å². The molecule has 3 rings (SSSR count). The molecule has 44 heavy (non-hydrogen) atoms. The molecule has 3 amide bonds. The zero-order valence-corrected chi connectivity index (χ0v) is 26.1. The van der Waals surface area contributed by atoms with Crippen molar-refractivity contribution in [3.05, 3.63) is 83.9 Å². The molecule has 0 saturated heterocycles. The van der Waals surface area contributed by atoms with Crippen molar-refractivity contribution in [2.45, 2.75) is 83.5 Å². The minimum atomic E-state index is -1.41. The molecular weight excluding hydrogens is 564 g/mol. The first-order valence-electron chi connectivity index (χ1n) is 14.7. The van der Waals surface area contributed by atoms with Crippen LogP contribution in [-0.4, -0.2) is 64.3 Å². The number of benzene rings is 1. The number of rotatable bonds is 12. The van der Waals surface area contributed by atoms with E-state index in [2.05, 4.69) is 22.0 Å². The van der Waals surface area contributed by atoms with Gasteiger partial charge in [0, 0.05) is 18.1 Å². The number of carbonyl (C=O) groups excluding carboxylic acids is 3. The summed E-state index contributed by atoms with van der Waals surface area (Å²) in [5.41, 5.74) is -0.141. The van der Waals surface area contributed by atoms with Gasteiger partial charge in [-0.2, -0.15) is 0 Å². The van der Waals surface area contributed by atoms with E-state index in [0.717, 1.165) is 18.4 Å². The Labute approximate surface area is 259 Å². The van der Waals surface area contributed by atoms with Crippen molar-refractivity contribution in [3.8, 4) is 0 Å². The maximum Gasteiger partial charge on any atom is 0.408 e. The number of nitrogens with zero attached hydrogens (tertiary/aromatic N) is 1. The fourth-order valence-electron chi connectivity index (χ4n) is 4.51. The van der Waals surface area contributed by atoms with Crippen molar-refractivity contribution in [2.24, 2.45) is 0 Å². The predicted octanol–water partition coefficient (Wildman–Crippen LogP) is 4.46. The lowest BCUT2D eigenvalue weighted by Crippen LogP contribution is -2.60. The Morgan fingerprint density at radius 1 is 1.00 bits per heavy atom. The number of carboxylic acids is 1. The number of aliphatic carboxylic acids is 1. The minimum Gasteiger partial charge on any atom is -0.479 e. The average Bonchev–Trinajstić information content (AvgIpc) is 3.17. The lowest BCUT2D eigenvalue weighted by molar-refractivity contribution is -0.141. The van der Waals surface area contributed by atoms with E-state index in [1.807, 2.05) is 24.3 Å². The molecule has 0 fully saturated rings. The molecule has 11 nitrogen and oxygen atoms in total. The third-order valence-corrected chi connectivity index (χ3v) is 6.72. The van der Waals surface area contributed by atoms with Crippen molar-refractivity contribution in [2.75, 3.05) is 13.2 Å². The highest BCUT2D eigenvalue weighted by Gasteiger charge is 2.35. The molecule has 238 valence electrons. The molecule has 2 aliphatic rings. The number of hydrogen-bond donors (Lipinski definition) is 4. The normalized spacial score (nSPS) is 16.5. The Kier molecular flexibility index (Phi) is 11.9.